The number of hydrogen-bond donors (Lipinski definition) is 2. The predicted molar refractivity (Wildman–Crippen MR) is 84.7 cm³/mol. The number of primary sulfonamides is 1. The number of ether oxygens (including phenoxy) is 1. The molecule has 130 valence electrons. The molecule has 0 saturated heterocycles. The second-order valence-corrected chi connectivity index (χ2v) is 9.24. The summed E-state index contributed by atoms with van der Waals surface area (Å²) in [5.41, 5.74) is -1.96. The van der Waals surface area contributed by atoms with Crippen molar-refractivity contribution in [2.45, 2.75) is 51.0 Å². The fourth-order valence-corrected chi connectivity index (χ4v) is 4.85. The number of ketones is 1. The third-order valence-corrected chi connectivity index (χ3v) is 6.22. The van der Waals surface area contributed by atoms with Crippen molar-refractivity contribution < 1.29 is 22.7 Å². The van der Waals surface area contributed by atoms with Crippen LogP contribution < -0.4 is 10.5 Å². The normalized spacial score (nSPS) is 33.7. The Morgan fingerprint density at radius 1 is 1.35 bits per heavy atom. The summed E-state index contributed by atoms with van der Waals surface area (Å²) in [5, 5.41) is 7.74. The van der Waals surface area contributed by atoms with Crippen molar-refractivity contribution in [3.05, 3.63) is 12.7 Å². The third kappa shape index (κ3) is 2.78. The van der Waals surface area contributed by atoms with Crippen LogP contribution in [0.2, 0.25) is 0 Å². The third-order valence-electron chi connectivity index (χ3n) is 4.55. The van der Waals surface area contributed by atoms with Gasteiger partial charge in [0.1, 0.15) is 11.4 Å². The Morgan fingerprint density at radius 2 is 1.87 bits per heavy atom. The van der Waals surface area contributed by atoms with Gasteiger partial charge in [-0.2, -0.15) is 0 Å². The molecule has 0 radical (unpaired) electrons. The van der Waals surface area contributed by atoms with Crippen LogP contribution in [0.3, 0.4) is 0 Å². The van der Waals surface area contributed by atoms with E-state index < -0.39 is 37.9 Å². The molecule has 0 aromatic carbocycles. The van der Waals surface area contributed by atoms with Crippen LogP contribution in [0.4, 0.5) is 4.79 Å². The molecule has 0 aromatic heterocycles. The van der Waals surface area contributed by atoms with Crippen molar-refractivity contribution in [1.82, 2.24) is 5.32 Å². The van der Waals surface area contributed by atoms with E-state index in [0.29, 0.717) is 0 Å². The van der Waals surface area contributed by atoms with Crippen molar-refractivity contribution in [2.75, 3.05) is 0 Å². The summed E-state index contributed by atoms with van der Waals surface area (Å²) in [6.45, 7) is 10.2. The average molecular weight is 344 g/mol. The van der Waals surface area contributed by atoms with E-state index in [1.807, 2.05) is 0 Å². The molecule has 0 spiro atoms. The lowest BCUT2D eigenvalue weighted by Crippen LogP contribution is -2.52. The van der Waals surface area contributed by atoms with Gasteiger partial charge in [-0.3, -0.25) is 10.1 Å². The van der Waals surface area contributed by atoms with E-state index in [1.165, 1.54) is 6.08 Å². The maximum atomic E-state index is 12.5. The van der Waals surface area contributed by atoms with Crippen LogP contribution in [0.5, 0.6) is 0 Å². The molecule has 1 amide bonds. The van der Waals surface area contributed by atoms with E-state index in [9.17, 15) is 18.0 Å². The monoisotopic (exact) mass is 344 g/mol. The van der Waals surface area contributed by atoms with Gasteiger partial charge in [0, 0.05) is 11.3 Å². The van der Waals surface area contributed by atoms with Crippen LogP contribution in [0.1, 0.15) is 40.5 Å². The number of amides is 1. The van der Waals surface area contributed by atoms with Crippen molar-refractivity contribution in [1.29, 1.82) is 0 Å². The molecule has 2 fully saturated rings. The molecular formula is C15H24N2O5S. The van der Waals surface area contributed by atoms with E-state index in [-0.39, 0.29) is 11.7 Å². The van der Waals surface area contributed by atoms with Crippen molar-refractivity contribution in [2.24, 2.45) is 22.4 Å². The second kappa shape index (κ2) is 5.04. The van der Waals surface area contributed by atoms with Gasteiger partial charge < -0.3 is 4.74 Å². The molecule has 0 heterocycles. The molecule has 23 heavy (non-hydrogen) atoms. The molecule has 3 unspecified atom stereocenters. The number of nitrogens with two attached hydrogens (primary N) is 1. The largest absolute Gasteiger partial charge is 0.444 e. The van der Waals surface area contributed by atoms with Crippen LogP contribution in [0.25, 0.3) is 0 Å². The van der Waals surface area contributed by atoms with Crippen LogP contribution in [-0.4, -0.2) is 30.8 Å². The van der Waals surface area contributed by atoms with Crippen LogP contribution >= 0.6 is 0 Å². The summed E-state index contributed by atoms with van der Waals surface area (Å²) in [6, 6.07) is 0. The summed E-state index contributed by atoms with van der Waals surface area (Å²) in [6.07, 6.45) is 1.91. The summed E-state index contributed by atoms with van der Waals surface area (Å²) >= 11 is 0. The summed E-state index contributed by atoms with van der Waals surface area (Å²) in [7, 11) is -4.27. The van der Waals surface area contributed by atoms with E-state index in [1.54, 1.807) is 27.7 Å². The highest BCUT2D eigenvalue weighted by Crippen LogP contribution is 2.67. The number of rotatable bonds is 5. The number of carbonyl (C=O) groups excluding carboxylic acids is 2. The highest BCUT2D eigenvalue weighted by Gasteiger charge is 2.83. The van der Waals surface area contributed by atoms with Crippen molar-refractivity contribution >= 4 is 21.9 Å². The Balaban J connectivity index is 2.39. The molecule has 8 heteroatoms. The SMILES string of the molecule is C=CC1(C)C(C(=O)C2CC2)C1(NC(=O)OC(C)(C)C)S(N)(=O)=O. The molecule has 2 aliphatic carbocycles. The maximum Gasteiger partial charge on any atom is 0.409 e. The quantitative estimate of drug-likeness (QED) is 0.729. The molecule has 3 atom stereocenters. The molecule has 3 N–H and O–H groups in total. The van der Waals surface area contributed by atoms with Gasteiger partial charge in [0.2, 0.25) is 10.0 Å². The first-order chi connectivity index (χ1) is 10.3. The van der Waals surface area contributed by atoms with Crippen molar-refractivity contribution in [3.63, 3.8) is 0 Å². The lowest BCUT2D eigenvalue weighted by molar-refractivity contribution is -0.122. The fourth-order valence-electron chi connectivity index (χ4n) is 3.18. The molecule has 0 aliphatic heterocycles. The number of hydrogen-bond acceptors (Lipinski definition) is 5. The number of alkyl carbamates (subject to hydrolysis) is 1. The summed E-state index contributed by atoms with van der Waals surface area (Å²) in [4.78, 5) is 22.7. The zero-order valence-electron chi connectivity index (χ0n) is 13.9. The second-order valence-electron chi connectivity index (χ2n) is 7.50. The maximum absolute atomic E-state index is 12.5. The number of sulfonamides is 1. The Hall–Kier alpha value is -1.41. The average Bonchev–Trinajstić information content (AvgIpc) is 3.22. The van der Waals surface area contributed by atoms with Gasteiger partial charge in [-0.15, -0.1) is 6.58 Å². The molecule has 2 aliphatic rings. The van der Waals surface area contributed by atoms with Gasteiger partial charge in [-0.05, 0) is 33.6 Å². The highest BCUT2D eigenvalue weighted by atomic mass is 32.2. The smallest absolute Gasteiger partial charge is 0.409 e. The Morgan fingerprint density at radius 3 is 2.22 bits per heavy atom. The van der Waals surface area contributed by atoms with E-state index in [0.717, 1.165) is 12.8 Å². The van der Waals surface area contributed by atoms with Gasteiger partial charge in [0.25, 0.3) is 0 Å². The fraction of sp³-hybridized carbons (Fsp3) is 0.733. The lowest BCUT2D eigenvalue weighted by Gasteiger charge is -2.24. The molecule has 7 nitrogen and oxygen atoms in total. The van der Waals surface area contributed by atoms with Crippen molar-refractivity contribution in [3.8, 4) is 0 Å². The molecule has 0 aromatic rings. The highest BCUT2D eigenvalue weighted by molar-refractivity contribution is 7.91. The molecule has 2 saturated carbocycles. The number of Topliss-reactive ketones (excluding diaryl/α,β-unsaturated/α-hetero) is 1. The van der Waals surface area contributed by atoms with Crippen LogP contribution in [-0.2, 0) is 19.6 Å². The standard InChI is InChI=1S/C15H24N2O5S/c1-6-14(5)11(10(18)9-7-8-9)15(14,23(16,20)21)17-12(19)22-13(2,3)4/h6,9,11H,1,7-8H2,2-5H3,(H,17,19)(H2,16,20,21). The van der Waals surface area contributed by atoms with E-state index >= 15 is 0 Å². The van der Waals surface area contributed by atoms with Gasteiger partial charge in [-0.1, -0.05) is 13.0 Å². The first kappa shape index (κ1) is 17.9. The summed E-state index contributed by atoms with van der Waals surface area (Å²) in [5.74, 6) is -1.30. The van der Waals surface area contributed by atoms with E-state index in [4.69, 9.17) is 9.88 Å². The van der Waals surface area contributed by atoms with Crippen LogP contribution in [0, 0.1) is 17.3 Å². The van der Waals surface area contributed by atoms with Gasteiger partial charge in [0.05, 0.1) is 5.92 Å². The lowest BCUT2D eigenvalue weighted by atomic mass is 10.0. The van der Waals surface area contributed by atoms with Gasteiger partial charge >= 0.3 is 6.09 Å². The van der Waals surface area contributed by atoms with Gasteiger partial charge in [-0.25, -0.2) is 18.4 Å². The molecule has 0 bridgehead atoms. The first-order valence-electron chi connectivity index (χ1n) is 7.51. The van der Waals surface area contributed by atoms with Crippen LogP contribution in [0.15, 0.2) is 12.7 Å². The predicted octanol–water partition coefficient (Wildman–Crippen LogP) is 1.30. The molecule has 2 rings (SSSR count). The zero-order valence-corrected chi connectivity index (χ0v) is 14.7. The minimum absolute atomic E-state index is 0.164. The Bertz CT molecular complexity index is 662. The van der Waals surface area contributed by atoms with E-state index in [2.05, 4.69) is 11.9 Å². The minimum Gasteiger partial charge on any atom is -0.444 e. The molecular weight excluding hydrogens is 320 g/mol. The number of nitrogens with one attached hydrogen (secondary N) is 1. The minimum atomic E-state index is -4.27. The van der Waals surface area contributed by atoms with Gasteiger partial charge in [0.15, 0.2) is 4.87 Å². The topological polar surface area (TPSA) is 116 Å². The Kier molecular flexibility index (Phi) is 3.93. The Labute approximate surface area is 136 Å². The zero-order chi connectivity index (χ0) is 17.8. The first-order valence-corrected chi connectivity index (χ1v) is 9.05. The summed E-state index contributed by atoms with van der Waals surface area (Å²) < 4.78 is 29.6. The number of carbonyl (C=O) groups is 2.